The fourth-order valence-corrected chi connectivity index (χ4v) is 3.27. The monoisotopic (exact) mass is 341 g/mol. The summed E-state index contributed by atoms with van der Waals surface area (Å²) in [6.45, 7) is 6.07. The van der Waals surface area contributed by atoms with Crippen molar-refractivity contribution in [3.05, 3.63) is 56.4 Å². The zero-order valence-corrected chi connectivity index (χ0v) is 13.4. The molecule has 0 saturated carbocycles. The average Bonchev–Trinajstić information content (AvgIpc) is 2.86. The maximum absolute atomic E-state index is 13.0. The summed E-state index contributed by atoms with van der Waals surface area (Å²) < 4.78 is 13.8. The smallest absolute Gasteiger partial charge is 0.124 e. The molecule has 1 heterocycles. The van der Waals surface area contributed by atoms with Crippen LogP contribution in [0.1, 0.15) is 24.3 Å². The van der Waals surface area contributed by atoms with Gasteiger partial charge in [0.2, 0.25) is 0 Å². The quantitative estimate of drug-likeness (QED) is 0.829. The Balaban J connectivity index is 1.93. The highest BCUT2D eigenvalue weighted by atomic mass is 79.9. The van der Waals surface area contributed by atoms with Crippen LogP contribution in [0.5, 0.6) is 0 Å². The molecule has 2 rings (SSSR count). The standard InChI is InChI=1S/C15H17BrFNS/c1-15(2,14-4-3-7-19-14)10-18-9-11-5-6-12(17)8-13(11)16/h3-8,18H,9-10H2,1-2H3. The second kappa shape index (κ2) is 6.16. The van der Waals surface area contributed by atoms with Crippen LogP contribution in [0.4, 0.5) is 4.39 Å². The molecule has 0 spiro atoms. The molecule has 0 unspecified atom stereocenters. The number of rotatable bonds is 5. The molecule has 4 heteroatoms. The minimum atomic E-state index is -0.213. The van der Waals surface area contributed by atoms with Crippen LogP contribution in [-0.2, 0) is 12.0 Å². The first-order chi connectivity index (χ1) is 8.99. The van der Waals surface area contributed by atoms with Crippen molar-refractivity contribution in [3.8, 4) is 0 Å². The number of halogens is 2. The maximum Gasteiger partial charge on any atom is 0.124 e. The van der Waals surface area contributed by atoms with Gasteiger partial charge in [0, 0.05) is 27.9 Å². The van der Waals surface area contributed by atoms with Gasteiger partial charge in [-0.15, -0.1) is 11.3 Å². The third-order valence-corrected chi connectivity index (χ3v) is 5.06. The van der Waals surface area contributed by atoms with Crippen LogP contribution in [0.15, 0.2) is 40.2 Å². The van der Waals surface area contributed by atoms with Crippen molar-refractivity contribution in [2.75, 3.05) is 6.54 Å². The predicted molar refractivity (Wildman–Crippen MR) is 83.2 cm³/mol. The first-order valence-corrected chi connectivity index (χ1v) is 7.85. The van der Waals surface area contributed by atoms with E-state index in [1.807, 2.05) is 6.07 Å². The lowest BCUT2D eigenvalue weighted by atomic mass is 9.91. The van der Waals surface area contributed by atoms with Gasteiger partial charge in [0.25, 0.3) is 0 Å². The fraction of sp³-hybridized carbons (Fsp3) is 0.333. The molecule has 0 aliphatic rings. The Labute approximate surface area is 126 Å². The number of nitrogens with one attached hydrogen (secondary N) is 1. The summed E-state index contributed by atoms with van der Waals surface area (Å²) in [4.78, 5) is 1.37. The van der Waals surface area contributed by atoms with Crippen LogP contribution in [0.25, 0.3) is 0 Å². The van der Waals surface area contributed by atoms with Crippen LogP contribution in [0, 0.1) is 5.82 Å². The minimum Gasteiger partial charge on any atom is -0.312 e. The van der Waals surface area contributed by atoms with Gasteiger partial charge in [0.15, 0.2) is 0 Å². The Bertz CT molecular complexity index is 537. The van der Waals surface area contributed by atoms with Gasteiger partial charge in [-0.05, 0) is 29.1 Å². The first-order valence-electron chi connectivity index (χ1n) is 6.18. The third kappa shape index (κ3) is 3.88. The summed E-state index contributed by atoms with van der Waals surface area (Å²) in [6.07, 6.45) is 0. The molecule has 0 bridgehead atoms. The first kappa shape index (κ1) is 14.7. The fourth-order valence-electron chi connectivity index (χ4n) is 1.93. The van der Waals surface area contributed by atoms with Crippen LogP contribution in [0.3, 0.4) is 0 Å². The van der Waals surface area contributed by atoms with E-state index in [9.17, 15) is 4.39 Å². The van der Waals surface area contributed by atoms with Crippen molar-refractivity contribution in [2.45, 2.75) is 25.8 Å². The van der Waals surface area contributed by atoms with Crippen LogP contribution >= 0.6 is 27.3 Å². The summed E-state index contributed by atoms with van der Waals surface area (Å²) in [5.41, 5.74) is 1.18. The maximum atomic E-state index is 13.0. The largest absolute Gasteiger partial charge is 0.312 e. The highest BCUT2D eigenvalue weighted by Crippen LogP contribution is 2.27. The van der Waals surface area contributed by atoms with E-state index in [-0.39, 0.29) is 11.2 Å². The molecule has 0 saturated heterocycles. The second-order valence-electron chi connectivity index (χ2n) is 5.20. The molecule has 102 valence electrons. The Morgan fingerprint density at radius 2 is 2.11 bits per heavy atom. The number of benzene rings is 1. The molecule has 0 aliphatic carbocycles. The van der Waals surface area contributed by atoms with Crippen molar-refractivity contribution in [1.29, 1.82) is 0 Å². The Kier molecular flexibility index (Phi) is 4.76. The van der Waals surface area contributed by atoms with Crippen molar-refractivity contribution in [3.63, 3.8) is 0 Å². The molecule has 1 aromatic heterocycles. The molecule has 1 aromatic carbocycles. The molecule has 0 atom stereocenters. The van der Waals surface area contributed by atoms with Crippen LogP contribution in [-0.4, -0.2) is 6.54 Å². The van der Waals surface area contributed by atoms with E-state index in [4.69, 9.17) is 0 Å². The lowest BCUT2D eigenvalue weighted by Gasteiger charge is -2.24. The normalized spacial score (nSPS) is 11.8. The zero-order valence-electron chi connectivity index (χ0n) is 11.0. The van der Waals surface area contributed by atoms with Gasteiger partial charge in [-0.3, -0.25) is 0 Å². The predicted octanol–water partition coefficient (Wildman–Crippen LogP) is 4.72. The molecule has 0 amide bonds. The topological polar surface area (TPSA) is 12.0 Å². The SMILES string of the molecule is CC(C)(CNCc1ccc(F)cc1Br)c1cccs1. The third-order valence-electron chi connectivity index (χ3n) is 3.09. The number of hydrogen-bond acceptors (Lipinski definition) is 2. The van der Waals surface area contributed by atoms with E-state index in [0.29, 0.717) is 0 Å². The van der Waals surface area contributed by atoms with E-state index in [1.54, 1.807) is 11.3 Å². The van der Waals surface area contributed by atoms with Crippen molar-refractivity contribution < 1.29 is 4.39 Å². The van der Waals surface area contributed by atoms with Gasteiger partial charge in [-0.2, -0.15) is 0 Å². The molecular weight excluding hydrogens is 325 g/mol. The zero-order chi connectivity index (χ0) is 13.9. The van der Waals surface area contributed by atoms with E-state index < -0.39 is 0 Å². The minimum absolute atomic E-state index is 0.112. The molecular formula is C15H17BrFNS. The second-order valence-corrected chi connectivity index (χ2v) is 7.00. The summed E-state index contributed by atoms with van der Waals surface area (Å²) in [7, 11) is 0. The van der Waals surface area contributed by atoms with Gasteiger partial charge in [-0.1, -0.05) is 41.9 Å². The summed E-state index contributed by atoms with van der Waals surface area (Å²) in [5.74, 6) is -0.213. The van der Waals surface area contributed by atoms with E-state index >= 15 is 0 Å². The molecule has 0 aliphatic heterocycles. The molecule has 2 aromatic rings. The summed E-state index contributed by atoms with van der Waals surface area (Å²) >= 11 is 5.17. The van der Waals surface area contributed by atoms with E-state index in [1.165, 1.54) is 17.0 Å². The van der Waals surface area contributed by atoms with E-state index in [2.05, 4.69) is 52.6 Å². The van der Waals surface area contributed by atoms with Crippen LogP contribution < -0.4 is 5.32 Å². The van der Waals surface area contributed by atoms with Gasteiger partial charge in [0.1, 0.15) is 5.82 Å². The van der Waals surface area contributed by atoms with Crippen molar-refractivity contribution in [2.24, 2.45) is 0 Å². The van der Waals surface area contributed by atoms with Crippen molar-refractivity contribution >= 4 is 27.3 Å². The summed E-state index contributed by atoms with van der Waals surface area (Å²) in [6, 6.07) is 9.05. The molecule has 0 fully saturated rings. The highest BCUT2D eigenvalue weighted by Gasteiger charge is 2.21. The van der Waals surface area contributed by atoms with Gasteiger partial charge in [0.05, 0.1) is 0 Å². The molecule has 0 radical (unpaired) electrons. The molecule has 19 heavy (non-hydrogen) atoms. The average molecular weight is 342 g/mol. The molecule has 1 nitrogen and oxygen atoms in total. The Morgan fingerprint density at radius 1 is 1.32 bits per heavy atom. The van der Waals surface area contributed by atoms with E-state index in [0.717, 1.165) is 23.1 Å². The van der Waals surface area contributed by atoms with Gasteiger partial charge >= 0.3 is 0 Å². The Morgan fingerprint density at radius 3 is 2.74 bits per heavy atom. The van der Waals surface area contributed by atoms with Gasteiger partial charge < -0.3 is 5.32 Å². The summed E-state index contributed by atoms with van der Waals surface area (Å²) in [5, 5.41) is 5.55. The molecule has 1 N–H and O–H groups in total. The lowest BCUT2D eigenvalue weighted by molar-refractivity contribution is 0.476. The highest BCUT2D eigenvalue weighted by molar-refractivity contribution is 9.10. The van der Waals surface area contributed by atoms with Crippen LogP contribution in [0.2, 0.25) is 0 Å². The van der Waals surface area contributed by atoms with Crippen molar-refractivity contribution in [1.82, 2.24) is 5.32 Å². The Hall–Kier alpha value is -0.710. The van der Waals surface area contributed by atoms with Gasteiger partial charge in [-0.25, -0.2) is 4.39 Å². The number of thiophene rings is 1. The number of hydrogen-bond donors (Lipinski definition) is 1. The lowest BCUT2D eigenvalue weighted by Crippen LogP contribution is -2.32.